The smallest absolute Gasteiger partial charge is 0.270 e. The Morgan fingerprint density at radius 1 is 0.935 bits per heavy atom. The average molecular weight is 458 g/mol. The van der Waals surface area contributed by atoms with Gasteiger partial charge >= 0.3 is 0 Å². The average Bonchev–Trinajstić information content (AvgIpc) is 2.73. The van der Waals surface area contributed by atoms with Gasteiger partial charge in [0.15, 0.2) is 0 Å². The molecule has 0 aliphatic heterocycles. The normalized spacial score (nSPS) is 11.5. The number of non-ortho nitro benzene ring substituents is 1. The summed E-state index contributed by atoms with van der Waals surface area (Å²) in [6.07, 6.45) is 0. The van der Waals surface area contributed by atoms with Crippen LogP contribution in [-0.4, -0.2) is 16.7 Å². The highest BCUT2D eigenvalue weighted by Gasteiger charge is 2.19. The van der Waals surface area contributed by atoms with Gasteiger partial charge in [0.1, 0.15) is 0 Å². The molecule has 0 radical (unpaired) electrons. The number of hydrogen-bond donors (Lipinski definition) is 2. The summed E-state index contributed by atoms with van der Waals surface area (Å²) in [5, 5.41) is 16.9. The van der Waals surface area contributed by atoms with Crippen LogP contribution in [0.15, 0.2) is 66.7 Å². The fourth-order valence-electron chi connectivity index (χ4n) is 2.92. The van der Waals surface area contributed by atoms with Crippen LogP contribution in [-0.2, 0) is 0 Å². The zero-order valence-corrected chi connectivity index (χ0v) is 17.8. The van der Waals surface area contributed by atoms with E-state index < -0.39 is 16.7 Å². The van der Waals surface area contributed by atoms with Gasteiger partial charge < -0.3 is 10.6 Å². The molecule has 7 nitrogen and oxygen atoms in total. The van der Waals surface area contributed by atoms with Crippen molar-refractivity contribution >= 4 is 46.4 Å². The van der Waals surface area contributed by atoms with Crippen LogP contribution in [0.5, 0.6) is 0 Å². The quantitative estimate of drug-likeness (QED) is 0.369. The molecule has 0 saturated carbocycles. The van der Waals surface area contributed by atoms with Gasteiger partial charge in [0.05, 0.1) is 32.8 Å². The highest BCUT2D eigenvalue weighted by atomic mass is 35.5. The molecule has 2 N–H and O–H groups in total. The lowest BCUT2D eigenvalue weighted by atomic mass is 10.1. The molecule has 2 amide bonds. The van der Waals surface area contributed by atoms with Crippen LogP contribution < -0.4 is 10.6 Å². The second kappa shape index (κ2) is 9.59. The van der Waals surface area contributed by atoms with Crippen molar-refractivity contribution in [3.05, 3.63) is 104 Å². The van der Waals surface area contributed by atoms with E-state index in [-0.39, 0.29) is 33.6 Å². The minimum Gasteiger partial charge on any atom is -0.345 e. The summed E-state index contributed by atoms with van der Waals surface area (Å²) >= 11 is 12.0. The second-order valence-electron chi connectivity index (χ2n) is 6.67. The minimum absolute atomic E-state index is 0.0507. The fourth-order valence-corrected chi connectivity index (χ4v) is 3.37. The summed E-state index contributed by atoms with van der Waals surface area (Å²) in [6.45, 7) is 1.82. The number of nitro groups is 1. The van der Waals surface area contributed by atoms with Crippen molar-refractivity contribution in [1.82, 2.24) is 5.32 Å². The topological polar surface area (TPSA) is 101 Å². The molecule has 3 rings (SSSR count). The number of halogens is 2. The maximum atomic E-state index is 12.8. The molecule has 3 aromatic rings. The number of carbonyl (C=O) groups is 2. The van der Waals surface area contributed by atoms with Gasteiger partial charge in [-0.25, -0.2) is 0 Å². The largest absolute Gasteiger partial charge is 0.345 e. The number of para-hydroxylation sites is 1. The third-order valence-corrected chi connectivity index (χ3v) is 5.07. The number of anilines is 1. The third-order valence-electron chi connectivity index (χ3n) is 4.52. The Morgan fingerprint density at radius 3 is 2.35 bits per heavy atom. The van der Waals surface area contributed by atoms with E-state index in [1.165, 1.54) is 12.1 Å². The molecule has 0 spiro atoms. The van der Waals surface area contributed by atoms with E-state index in [9.17, 15) is 19.7 Å². The first-order valence-corrected chi connectivity index (χ1v) is 9.92. The lowest BCUT2D eigenvalue weighted by Crippen LogP contribution is -2.28. The molecular formula is C22H17Cl2N3O4. The number of rotatable bonds is 6. The second-order valence-corrected chi connectivity index (χ2v) is 7.51. The first-order valence-electron chi connectivity index (χ1n) is 9.17. The number of benzene rings is 3. The number of nitrogens with zero attached hydrogens (tertiary/aromatic N) is 1. The predicted molar refractivity (Wildman–Crippen MR) is 120 cm³/mol. The van der Waals surface area contributed by atoms with Crippen molar-refractivity contribution in [2.24, 2.45) is 0 Å². The predicted octanol–water partition coefficient (Wildman–Crippen LogP) is 5.64. The zero-order chi connectivity index (χ0) is 22.5. The summed E-state index contributed by atoms with van der Waals surface area (Å²) in [6, 6.07) is 16.9. The lowest BCUT2D eigenvalue weighted by Gasteiger charge is -2.17. The van der Waals surface area contributed by atoms with Crippen LogP contribution in [0, 0.1) is 10.1 Å². The van der Waals surface area contributed by atoms with Crippen molar-refractivity contribution in [2.75, 3.05) is 5.32 Å². The number of nitrogens with one attached hydrogen (secondary N) is 2. The molecule has 9 heteroatoms. The van der Waals surface area contributed by atoms with Crippen molar-refractivity contribution in [3.8, 4) is 0 Å². The Kier molecular flexibility index (Phi) is 6.89. The van der Waals surface area contributed by atoms with Crippen molar-refractivity contribution < 1.29 is 14.5 Å². The summed E-state index contributed by atoms with van der Waals surface area (Å²) < 4.78 is 0. The van der Waals surface area contributed by atoms with Crippen molar-refractivity contribution in [2.45, 2.75) is 13.0 Å². The maximum absolute atomic E-state index is 12.8. The third kappa shape index (κ3) is 5.39. The van der Waals surface area contributed by atoms with Crippen LogP contribution >= 0.6 is 23.2 Å². The number of hydrogen-bond acceptors (Lipinski definition) is 4. The Labute approximate surface area is 188 Å². The Bertz CT molecular complexity index is 1170. The van der Waals surface area contributed by atoms with Crippen molar-refractivity contribution in [3.63, 3.8) is 0 Å². The molecule has 1 atom stereocenters. The standard InChI is InChI=1S/C22H17Cl2N3O4/c1-13(14-5-4-6-15(23)11-14)25-22(29)18-7-2-3-8-20(18)26-21(28)17-10-9-16(27(30)31)12-19(17)24/h2-13H,1H3,(H,25,29)(H,26,28). The Morgan fingerprint density at radius 2 is 1.68 bits per heavy atom. The molecule has 3 aromatic carbocycles. The molecule has 158 valence electrons. The highest BCUT2D eigenvalue weighted by molar-refractivity contribution is 6.34. The van der Waals surface area contributed by atoms with E-state index in [1.807, 2.05) is 13.0 Å². The van der Waals surface area contributed by atoms with E-state index in [0.717, 1.165) is 11.6 Å². The van der Waals surface area contributed by atoms with Crippen LogP contribution in [0.3, 0.4) is 0 Å². The molecule has 0 aliphatic carbocycles. The van der Waals surface area contributed by atoms with Gasteiger partial charge in [0.2, 0.25) is 0 Å². The SMILES string of the molecule is CC(NC(=O)c1ccccc1NC(=O)c1ccc([N+](=O)[O-])cc1Cl)c1cccc(Cl)c1. The fraction of sp³-hybridized carbons (Fsp3) is 0.0909. The Balaban J connectivity index is 1.79. The van der Waals surface area contributed by atoms with E-state index in [4.69, 9.17) is 23.2 Å². The summed E-state index contributed by atoms with van der Waals surface area (Å²) in [5.41, 5.74) is 1.19. The van der Waals surface area contributed by atoms with E-state index in [1.54, 1.807) is 42.5 Å². The van der Waals surface area contributed by atoms with Gasteiger partial charge in [-0.2, -0.15) is 0 Å². The van der Waals surface area contributed by atoms with Gasteiger partial charge in [-0.1, -0.05) is 47.5 Å². The van der Waals surface area contributed by atoms with E-state index in [0.29, 0.717) is 5.02 Å². The molecule has 1 unspecified atom stereocenters. The maximum Gasteiger partial charge on any atom is 0.270 e. The molecule has 0 bridgehead atoms. The van der Waals surface area contributed by atoms with Crippen LogP contribution in [0.25, 0.3) is 0 Å². The molecule has 0 fully saturated rings. The summed E-state index contributed by atoms with van der Waals surface area (Å²) in [7, 11) is 0. The summed E-state index contributed by atoms with van der Waals surface area (Å²) in [4.78, 5) is 35.7. The number of nitro benzene ring substituents is 1. The van der Waals surface area contributed by atoms with Gasteiger partial charge in [0.25, 0.3) is 17.5 Å². The van der Waals surface area contributed by atoms with Crippen LogP contribution in [0.1, 0.15) is 39.2 Å². The molecular weight excluding hydrogens is 441 g/mol. The molecule has 0 heterocycles. The summed E-state index contributed by atoms with van der Waals surface area (Å²) in [5.74, 6) is -0.985. The first-order chi connectivity index (χ1) is 14.8. The van der Waals surface area contributed by atoms with Crippen LogP contribution in [0.2, 0.25) is 10.0 Å². The minimum atomic E-state index is -0.603. The monoisotopic (exact) mass is 457 g/mol. The Hall–Kier alpha value is -3.42. The number of carbonyl (C=O) groups excluding carboxylic acids is 2. The van der Waals surface area contributed by atoms with Gasteiger partial charge in [-0.05, 0) is 42.8 Å². The van der Waals surface area contributed by atoms with Gasteiger partial charge in [-0.15, -0.1) is 0 Å². The van der Waals surface area contributed by atoms with E-state index >= 15 is 0 Å². The number of amides is 2. The molecule has 0 saturated heterocycles. The molecule has 31 heavy (non-hydrogen) atoms. The zero-order valence-electron chi connectivity index (χ0n) is 16.3. The molecule has 0 aliphatic rings. The van der Waals surface area contributed by atoms with Crippen molar-refractivity contribution in [1.29, 1.82) is 0 Å². The highest BCUT2D eigenvalue weighted by Crippen LogP contribution is 2.25. The van der Waals surface area contributed by atoms with Gasteiger partial charge in [0, 0.05) is 17.2 Å². The van der Waals surface area contributed by atoms with E-state index in [2.05, 4.69) is 10.6 Å². The van der Waals surface area contributed by atoms with Crippen LogP contribution in [0.4, 0.5) is 11.4 Å². The molecule has 0 aromatic heterocycles. The lowest BCUT2D eigenvalue weighted by molar-refractivity contribution is -0.384. The van der Waals surface area contributed by atoms with Gasteiger partial charge in [-0.3, -0.25) is 19.7 Å². The first kappa shape index (κ1) is 22.3.